The Bertz CT molecular complexity index is 271. The average Bonchev–Trinajstić information content (AvgIpc) is 3.45. The Balaban J connectivity index is -0.000000789. The summed E-state index contributed by atoms with van der Waals surface area (Å²) in [6, 6.07) is 0. The van der Waals surface area contributed by atoms with Gasteiger partial charge in [-0.1, -0.05) is 133 Å². The number of unbranched alkanes of at least 4 members (excludes halogenated alkanes) is 9. The summed E-state index contributed by atoms with van der Waals surface area (Å²) in [7, 11) is 0. The number of allylic oxidation sites excluding steroid dienone is 1. The van der Waals surface area contributed by atoms with Crippen molar-refractivity contribution in [1.29, 1.82) is 0 Å². The minimum atomic E-state index is 0.517. The summed E-state index contributed by atoms with van der Waals surface area (Å²) in [5, 5.41) is 0. The van der Waals surface area contributed by atoms with Crippen LogP contribution in [0, 0.1) is 5.92 Å². The Hall–Kier alpha value is -0.460. The molecule has 1 fully saturated rings. The van der Waals surface area contributed by atoms with Crippen LogP contribution >= 0.6 is 0 Å². The first-order chi connectivity index (χ1) is 13.7. The molecule has 0 heterocycles. The van der Waals surface area contributed by atoms with Crippen LogP contribution in [0.1, 0.15) is 152 Å². The predicted octanol–water partition coefficient (Wildman–Crippen LogP) is 10.5. The van der Waals surface area contributed by atoms with Crippen LogP contribution in [-0.4, -0.2) is 6.10 Å². The minimum absolute atomic E-state index is 0.517. The van der Waals surface area contributed by atoms with E-state index in [9.17, 15) is 0 Å². The molecule has 28 heavy (non-hydrogen) atoms. The molecule has 1 saturated carbocycles. The zero-order chi connectivity index (χ0) is 22.0. The fourth-order valence-corrected chi connectivity index (χ4v) is 3.05. The monoisotopic (exact) mass is 398 g/mol. The molecule has 1 aliphatic rings. The smallest absolute Gasteiger partial charge is 0.102 e. The lowest BCUT2D eigenvalue weighted by Crippen LogP contribution is -1.97. The van der Waals surface area contributed by atoms with Crippen molar-refractivity contribution in [2.24, 2.45) is 5.92 Å². The van der Waals surface area contributed by atoms with E-state index in [4.69, 9.17) is 4.74 Å². The van der Waals surface area contributed by atoms with Gasteiger partial charge in [0.2, 0.25) is 0 Å². The Kier molecular flexibility index (Phi) is 33.1. The van der Waals surface area contributed by atoms with Gasteiger partial charge in [-0.25, -0.2) is 0 Å². The van der Waals surface area contributed by atoms with Crippen molar-refractivity contribution in [2.45, 2.75) is 158 Å². The summed E-state index contributed by atoms with van der Waals surface area (Å²) in [5.74, 6) is 1.89. The zero-order valence-corrected chi connectivity index (χ0v) is 21.4. The molecule has 1 nitrogen and oxygen atoms in total. The van der Waals surface area contributed by atoms with Crippen molar-refractivity contribution < 1.29 is 4.74 Å². The van der Waals surface area contributed by atoms with Gasteiger partial charge in [-0.2, -0.15) is 0 Å². The summed E-state index contributed by atoms with van der Waals surface area (Å²) >= 11 is 0. The largest absolute Gasteiger partial charge is 0.495 e. The summed E-state index contributed by atoms with van der Waals surface area (Å²) < 4.78 is 5.99. The molecule has 0 radical (unpaired) electrons. The van der Waals surface area contributed by atoms with Gasteiger partial charge in [0.15, 0.2) is 0 Å². The van der Waals surface area contributed by atoms with Crippen molar-refractivity contribution in [3.8, 4) is 0 Å². The maximum atomic E-state index is 5.99. The molecule has 0 aliphatic heterocycles. The van der Waals surface area contributed by atoms with E-state index < -0.39 is 0 Å². The van der Waals surface area contributed by atoms with Crippen molar-refractivity contribution in [2.75, 3.05) is 0 Å². The van der Waals surface area contributed by atoms with Crippen molar-refractivity contribution in [1.82, 2.24) is 0 Å². The number of ether oxygens (including phenoxy) is 1. The van der Waals surface area contributed by atoms with Crippen LogP contribution in [-0.2, 0) is 4.74 Å². The van der Waals surface area contributed by atoms with Crippen LogP contribution in [0.25, 0.3) is 0 Å². The number of rotatable bonds is 15. The summed E-state index contributed by atoms with van der Waals surface area (Å²) in [6.07, 6.45) is 20.6. The molecule has 0 aromatic heterocycles. The molecule has 0 bridgehead atoms. The molecule has 172 valence electrons. The molecule has 1 aliphatic carbocycles. The van der Waals surface area contributed by atoms with Crippen LogP contribution < -0.4 is 0 Å². The summed E-state index contributed by atoms with van der Waals surface area (Å²) in [4.78, 5) is 0. The standard InChI is InChI=1S/C20H38O.C3H8.2C2H6/c1-4-6-8-10-12-13-15-18(3)21-20-17-19(20)16-14-11-9-7-5-2;1-3-2;2*1-2/h19-20H,3-17H2,1-2H3;3H2,1-2H3;2*1-2H3. The quantitative estimate of drug-likeness (QED) is 0.197. The number of hydrogen-bond donors (Lipinski definition) is 0. The highest BCUT2D eigenvalue weighted by molar-refractivity contribution is 4.94. The van der Waals surface area contributed by atoms with E-state index in [1.54, 1.807) is 0 Å². The van der Waals surface area contributed by atoms with E-state index in [0.29, 0.717) is 6.10 Å². The molecular weight excluding hydrogens is 340 g/mol. The van der Waals surface area contributed by atoms with Gasteiger partial charge in [0.05, 0.1) is 5.76 Å². The molecule has 2 unspecified atom stereocenters. The van der Waals surface area contributed by atoms with E-state index in [1.165, 1.54) is 89.9 Å². The van der Waals surface area contributed by atoms with Gasteiger partial charge in [-0.05, 0) is 25.2 Å². The topological polar surface area (TPSA) is 9.23 Å². The Morgan fingerprint density at radius 3 is 1.64 bits per heavy atom. The number of hydrogen-bond acceptors (Lipinski definition) is 1. The molecule has 0 spiro atoms. The molecule has 0 aromatic rings. The van der Waals surface area contributed by atoms with Gasteiger partial charge in [0.25, 0.3) is 0 Å². The SMILES string of the molecule is C=C(CCCCCCCC)OC1CC1CCCCCCC.CC.CC.CCC. The lowest BCUT2D eigenvalue weighted by atomic mass is 10.1. The molecule has 1 heteroatoms. The van der Waals surface area contributed by atoms with Gasteiger partial charge < -0.3 is 4.74 Å². The average molecular weight is 399 g/mol. The Labute approximate surface area is 181 Å². The van der Waals surface area contributed by atoms with Crippen LogP contribution in [0.15, 0.2) is 12.3 Å². The van der Waals surface area contributed by atoms with Crippen molar-refractivity contribution >= 4 is 0 Å². The van der Waals surface area contributed by atoms with E-state index in [-0.39, 0.29) is 0 Å². The first-order valence-corrected chi connectivity index (χ1v) is 13.0. The highest BCUT2D eigenvalue weighted by atomic mass is 16.5. The van der Waals surface area contributed by atoms with Crippen molar-refractivity contribution in [3.63, 3.8) is 0 Å². The Morgan fingerprint density at radius 1 is 0.714 bits per heavy atom. The molecule has 0 N–H and O–H groups in total. The van der Waals surface area contributed by atoms with E-state index in [1.807, 2.05) is 27.7 Å². The van der Waals surface area contributed by atoms with Crippen molar-refractivity contribution in [3.05, 3.63) is 12.3 Å². The molecule has 0 aromatic carbocycles. The van der Waals surface area contributed by atoms with Gasteiger partial charge in [-0.3, -0.25) is 0 Å². The predicted molar refractivity (Wildman–Crippen MR) is 132 cm³/mol. The third kappa shape index (κ3) is 25.5. The summed E-state index contributed by atoms with van der Waals surface area (Å²) in [5.41, 5.74) is 0. The van der Waals surface area contributed by atoms with E-state index in [2.05, 4.69) is 34.3 Å². The second-order valence-corrected chi connectivity index (χ2v) is 7.62. The van der Waals surface area contributed by atoms with Crippen LogP contribution in [0.2, 0.25) is 0 Å². The van der Waals surface area contributed by atoms with E-state index in [0.717, 1.165) is 18.1 Å². The molecule has 0 amide bonds. The van der Waals surface area contributed by atoms with Crippen LogP contribution in [0.4, 0.5) is 0 Å². The minimum Gasteiger partial charge on any atom is -0.495 e. The van der Waals surface area contributed by atoms with Gasteiger partial charge >= 0.3 is 0 Å². The molecular formula is C27H58O. The fourth-order valence-electron chi connectivity index (χ4n) is 3.05. The van der Waals surface area contributed by atoms with Crippen LogP contribution in [0.5, 0.6) is 0 Å². The second-order valence-electron chi connectivity index (χ2n) is 7.62. The Morgan fingerprint density at radius 2 is 1.14 bits per heavy atom. The van der Waals surface area contributed by atoms with Gasteiger partial charge in [-0.15, -0.1) is 0 Å². The lowest BCUT2D eigenvalue weighted by molar-refractivity contribution is 0.171. The third-order valence-corrected chi connectivity index (χ3v) is 4.66. The first-order valence-electron chi connectivity index (χ1n) is 13.0. The maximum Gasteiger partial charge on any atom is 0.102 e. The highest BCUT2D eigenvalue weighted by Gasteiger charge is 2.38. The lowest BCUT2D eigenvalue weighted by Gasteiger charge is -2.09. The zero-order valence-electron chi connectivity index (χ0n) is 21.4. The van der Waals surface area contributed by atoms with Gasteiger partial charge in [0.1, 0.15) is 6.10 Å². The first kappa shape index (κ1) is 32.2. The normalized spacial score (nSPS) is 16.4. The van der Waals surface area contributed by atoms with Gasteiger partial charge in [0, 0.05) is 6.42 Å². The fraction of sp³-hybridized carbons (Fsp3) is 0.926. The highest BCUT2D eigenvalue weighted by Crippen LogP contribution is 2.39. The van der Waals surface area contributed by atoms with Crippen LogP contribution in [0.3, 0.4) is 0 Å². The summed E-state index contributed by atoms with van der Waals surface area (Å²) in [6.45, 7) is 20.9. The third-order valence-electron chi connectivity index (χ3n) is 4.66. The molecule has 2 atom stereocenters. The van der Waals surface area contributed by atoms with E-state index >= 15 is 0 Å². The molecule has 1 rings (SSSR count). The maximum absolute atomic E-state index is 5.99. The second kappa shape index (κ2) is 28.7. The molecule has 0 saturated heterocycles.